The van der Waals surface area contributed by atoms with Gasteiger partial charge in [-0.3, -0.25) is 4.79 Å². The average molecular weight is 248 g/mol. The third-order valence-corrected chi connectivity index (χ3v) is 3.36. The van der Waals surface area contributed by atoms with Crippen molar-refractivity contribution in [3.05, 3.63) is 29.8 Å². The van der Waals surface area contributed by atoms with Crippen LogP contribution in [0.5, 0.6) is 5.75 Å². The minimum absolute atomic E-state index is 0.0372. The smallest absolute Gasteiger partial charge is 0.224 e. The topological polar surface area (TPSA) is 52.6 Å². The molecule has 0 aliphatic carbocycles. The molecule has 0 spiro atoms. The Morgan fingerprint density at radius 2 is 2.17 bits per heavy atom. The first kappa shape index (κ1) is 12.9. The number of hydrogen-bond donors (Lipinski definition) is 2. The van der Waals surface area contributed by atoms with Gasteiger partial charge < -0.3 is 15.3 Å². The zero-order valence-corrected chi connectivity index (χ0v) is 10.7. The van der Waals surface area contributed by atoms with Crippen molar-refractivity contribution in [3.63, 3.8) is 0 Å². The summed E-state index contributed by atoms with van der Waals surface area (Å²) in [6.07, 6.45) is 2.37. The lowest BCUT2D eigenvalue weighted by atomic mass is 10.0. The van der Waals surface area contributed by atoms with E-state index in [-0.39, 0.29) is 11.7 Å². The van der Waals surface area contributed by atoms with Crippen molar-refractivity contribution in [1.82, 2.24) is 10.2 Å². The zero-order chi connectivity index (χ0) is 13.0. The van der Waals surface area contributed by atoms with Gasteiger partial charge in [-0.05, 0) is 50.7 Å². The number of amides is 1. The lowest BCUT2D eigenvalue weighted by Crippen LogP contribution is -2.43. The van der Waals surface area contributed by atoms with Crippen LogP contribution in [0.1, 0.15) is 18.4 Å². The Morgan fingerprint density at radius 3 is 2.83 bits per heavy atom. The van der Waals surface area contributed by atoms with Crippen LogP contribution in [0, 0.1) is 0 Å². The van der Waals surface area contributed by atoms with Crippen molar-refractivity contribution in [3.8, 4) is 5.75 Å². The van der Waals surface area contributed by atoms with Crippen LogP contribution in [0.4, 0.5) is 0 Å². The summed E-state index contributed by atoms with van der Waals surface area (Å²) in [5.41, 5.74) is 0.848. The Labute approximate surface area is 108 Å². The largest absolute Gasteiger partial charge is 0.508 e. The molecule has 2 N–H and O–H groups in total. The van der Waals surface area contributed by atoms with Gasteiger partial charge in [0.2, 0.25) is 5.91 Å². The van der Waals surface area contributed by atoms with Crippen LogP contribution in [0.25, 0.3) is 0 Å². The molecule has 1 aromatic carbocycles. The summed E-state index contributed by atoms with van der Waals surface area (Å²) in [5.74, 6) is 0.245. The summed E-state index contributed by atoms with van der Waals surface area (Å²) in [5, 5.41) is 12.4. The molecule has 0 atom stereocenters. The van der Waals surface area contributed by atoms with Gasteiger partial charge in [0, 0.05) is 6.04 Å². The predicted molar refractivity (Wildman–Crippen MR) is 70.5 cm³/mol. The number of nitrogens with zero attached hydrogens (tertiary/aromatic N) is 1. The van der Waals surface area contributed by atoms with Crippen molar-refractivity contribution < 1.29 is 9.90 Å². The highest BCUT2D eigenvalue weighted by Gasteiger charge is 2.18. The fourth-order valence-corrected chi connectivity index (χ4v) is 2.28. The van der Waals surface area contributed by atoms with Crippen LogP contribution in [-0.4, -0.2) is 42.1 Å². The van der Waals surface area contributed by atoms with Crippen molar-refractivity contribution >= 4 is 5.91 Å². The molecule has 1 aromatic rings. The molecule has 1 fully saturated rings. The number of likely N-dealkylation sites (tertiary alicyclic amines) is 1. The average Bonchev–Trinajstić information content (AvgIpc) is 2.32. The van der Waals surface area contributed by atoms with E-state index in [1.54, 1.807) is 18.2 Å². The van der Waals surface area contributed by atoms with E-state index >= 15 is 0 Å². The van der Waals surface area contributed by atoms with E-state index in [2.05, 4.69) is 17.3 Å². The Morgan fingerprint density at radius 1 is 1.44 bits per heavy atom. The SMILES string of the molecule is CN1CCC(NC(=O)Cc2cccc(O)c2)CC1. The molecule has 0 unspecified atom stereocenters. The standard InChI is InChI=1S/C14H20N2O2/c1-16-7-5-12(6-8-16)15-14(18)10-11-3-2-4-13(17)9-11/h2-4,9,12,17H,5-8,10H2,1H3,(H,15,18). The zero-order valence-electron chi connectivity index (χ0n) is 10.7. The van der Waals surface area contributed by atoms with Crippen molar-refractivity contribution in [2.24, 2.45) is 0 Å². The van der Waals surface area contributed by atoms with Crippen LogP contribution in [0.3, 0.4) is 0 Å². The van der Waals surface area contributed by atoms with Gasteiger partial charge in [0.05, 0.1) is 6.42 Å². The number of phenols is 1. The maximum Gasteiger partial charge on any atom is 0.224 e. The van der Waals surface area contributed by atoms with Crippen LogP contribution >= 0.6 is 0 Å². The Bertz CT molecular complexity index is 412. The number of piperidine rings is 1. The van der Waals surface area contributed by atoms with Crippen molar-refractivity contribution in [2.75, 3.05) is 20.1 Å². The van der Waals surface area contributed by atoms with Crippen molar-refractivity contribution in [2.45, 2.75) is 25.3 Å². The third kappa shape index (κ3) is 3.74. The van der Waals surface area contributed by atoms with Gasteiger partial charge in [0.1, 0.15) is 5.75 Å². The first-order chi connectivity index (χ1) is 8.63. The molecule has 0 aromatic heterocycles. The molecule has 1 aliphatic rings. The molecule has 1 amide bonds. The number of nitrogens with one attached hydrogen (secondary N) is 1. The maximum atomic E-state index is 11.9. The molecule has 1 aliphatic heterocycles. The minimum Gasteiger partial charge on any atom is -0.508 e. The van der Waals surface area contributed by atoms with Crippen LogP contribution in [0.15, 0.2) is 24.3 Å². The Kier molecular flexibility index (Phi) is 4.20. The number of rotatable bonds is 3. The number of carbonyl (C=O) groups excluding carboxylic acids is 1. The van der Waals surface area contributed by atoms with Gasteiger partial charge in [-0.2, -0.15) is 0 Å². The monoisotopic (exact) mass is 248 g/mol. The van der Waals surface area contributed by atoms with Gasteiger partial charge in [0.25, 0.3) is 0 Å². The second-order valence-corrected chi connectivity index (χ2v) is 4.99. The molecule has 2 rings (SSSR count). The third-order valence-electron chi connectivity index (χ3n) is 3.36. The predicted octanol–water partition coefficient (Wildman–Crippen LogP) is 1.15. The normalized spacial score (nSPS) is 17.6. The number of aromatic hydroxyl groups is 1. The van der Waals surface area contributed by atoms with Gasteiger partial charge in [0.15, 0.2) is 0 Å². The highest BCUT2D eigenvalue weighted by molar-refractivity contribution is 5.79. The fraction of sp³-hybridized carbons (Fsp3) is 0.500. The molecule has 0 bridgehead atoms. The number of hydrogen-bond acceptors (Lipinski definition) is 3. The van der Waals surface area contributed by atoms with Gasteiger partial charge in [-0.1, -0.05) is 12.1 Å². The van der Waals surface area contributed by atoms with Crippen LogP contribution in [-0.2, 0) is 11.2 Å². The first-order valence-electron chi connectivity index (χ1n) is 6.39. The summed E-state index contributed by atoms with van der Waals surface area (Å²) >= 11 is 0. The maximum absolute atomic E-state index is 11.9. The quantitative estimate of drug-likeness (QED) is 0.843. The molecular formula is C14H20N2O2. The lowest BCUT2D eigenvalue weighted by Gasteiger charge is -2.29. The Hall–Kier alpha value is -1.55. The van der Waals surface area contributed by atoms with E-state index < -0.39 is 0 Å². The minimum atomic E-state index is 0.0372. The van der Waals surface area contributed by atoms with Crippen molar-refractivity contribution in [1.29, 1.82) is 0 Å². The highest BCUT2D eigenvalue weighted by Crippen LogP contribution is 2.12. The first-order valence-corrected chi connectivity index (χ1v) is 6.39. The second-order valence-electron chi connectivity index (χ2n) is 4.99. The van der Waals surface area contributed by atoms with Gasteiger partial charge >= 0.3 is 0 Å². The van der Waals surface area contributed by atoms with E-state index in [0.29, 0.717) is 12.5 Å². The molecule has 1 saturated heterocycles. The molecule has 4 nitrogen and oxygen atoms in total. The summed E-state index contributed by atoms with van der Waals surface area (Å²) < 4.78 is 0. The number of phenolic OH excluding ortho intramolecular Hbond substituents is 1. The van der Waals surface area contributed by atoms with E-state index in [4.69, 9.17) is 0 Å². The fourth-order valence-electron chi connectivity index (χ4n) is 2.28. The summed E-state index contributed by atoms with van der Waals surface area (Å²) in [6, 6.07) is 7.15. The van der Waals surface area contributed by atoms with E-state index in [9.17, 15) is 9.90 Å². The van der Waals surface area contributed by atoms with E-state index in [1.165, 1.54) is 0 Å². The van der Waals surface area contributed by atoms with E-state index in [1.807, 2.05) is 6.07 Å². The molecule has 0 radical (unpaired) electrons. The second kappa shape index (κ2) is 5.87. The van der Waals surface area contributed by atoms with Crippen LogP contribution in [0.2, 0.25) is 0 Å². The molecule has 1 heterocycles. The molecule has 18 heavy (non-hydrogen) atoms. The van der Waals surface area contributed by atoms with Gasteiger partial charge in [-0.15, -0.1) is 0 Å². The van der Waals surface area contributed by atoms with Gasteiger partial charge in [-0.25, -0.2) is 0 Å². The molecule has 0 saturated carbocycles. The number of benzene rings is 1. The molecular weight excluding hydrogens is 228 g/mol. The summed E-state index contributed by atoms with van der Waals surface area (Å²) in [7, 11) is 2.10. The Balaban J connectivity index is 1.82. The van der Waals surface area contributed by atoms with E-state index in [0.717, 1.165) is 31.5 Å². The molecule has 98 valence electrons. The summed E-state index contributed by atoms with van der Waals surface area (Å²) in [4.78, 5) is 14.1. The van der Waals surface area contributed by atoms with Crippen LogP contribution < -0.4 is 5.32 Å². The summed E-state index contributed by atoms with van der Waals surface area (Å²) in [6.45, 7) is 2.08. The number of carbonyl (C=O) groups is 1. The lowest BCUT2D eigenvalue weighted by molar-refractivity contribution is -0.121. The molecule has 4 heteroatoms. The highest BCUT2D eigenvalue weighted by atomic mass is 16.3.